The normalized spacial score (nSPS) is 10.2. The first-order valence-corrected chi connectivity index (χ1v) is 6.07. The molecular formula is C12H12FN3OS. The van der Waals surface area contributed by atoms with Crippen molar-refractivity contribution >= 4 is 17.7 Å². The van der Waals surface area contributed by atoms with E-state index in [9.17, 15) is 4.39 Å². The van der Waals surface area contributed by atoms with Crippen molar-refractivity contribution in [1.29, 1.82) is 0 Å². The minimum atomic E-state index is -0.443. The summed E-state index contributed by atoms with van der Waals surface area (Å²) in [5.41, 5.74) is 0. The van der Waals surface area contributed by atoms with Gasteiger partial charge in [-0.1, -0.05) is 17.8 Å². The maximum Gasteiger partial charge on any atom is 0.223 e. The Hall–Kier alpha value is -1.82. The zero-order valence-corrected chi connectivity index (χ0v) is 10.8. The van der Waals surface area contributed by atoms with E-state index >= 15 is 0 Å². The lowest BCUT2D eigenvalue weighted by atomic mass is 10.3. The van der Waals surface area contributed by atoms with Gasteiger partial charge in [-0.2, -0.15) is 0 Å². The average molecular weight is 265 g/mol. The number of ether oxygens (including phenoxy) is 1. The molecule has 2 rings (SSSR count). The number of nitrogens with one attached hydrogen (secondary N) is 1. The third-order valence-corrected chi connectivity index (χ3v) is 3.16. The minimum absolute atomic E-state index is 0.280. The summed E-state index contributed by atoms with van der Waals surface area (Å²) in [5.74, 6) is 0.673. The van der Waals surface area contributed by atoms with E-state index in [1.165, 1.54) is 11.8 Å². The summed E-state index contributed by atoms with van der Waals surface area (Å²) in [6, 6.07) is 7.37. The smallest absolute Gasteiger partial charge is 0.223 e. The van der Waals surface area contributed by atoms with Crippen molar-refractivity contribution in [3.63, 3.8) is 0 Å². The summed E-state index contributed by atoms with van der Waals surface area (Å²) in [5, 5.41) is 3.06. The van der Waals surface area contributed by atoms with Crippen molar-refractivity contribution in [3.05, 3.63) is 36.3 Å². The van der Waals surface area contributed by atoms with Crippen LogP contribution in [0.2, 0.25) is 0 Å². The SMILES string of the molecule is CNc1ncc(F)c(Sc2cccc(OC)c2)n1. The van der Waals surface area contributed by atoms with Crippen LogP contribution in [0.15, 0.2) is 40.4 Å². The number of aromatic nitrogens is 2. The van der Waals surface area contributed by atoms with Crippen LogP contribution in [0.3, 0.4) is 0 Å². The molecule has 0 unspecified atom stereocenters. The Kier molecular flexibility index (Phi) is 3.99. The zero-order chi connectivity index (χ0) is 13.0. The molecule has 4 nitrogen and oxygen atoms in total. The standard InChI is InChI=1S/C12H12FN3OS/c1-14-12-15-7-10(13)11(16-12)18-9-5-3-4-8(6-9)17-2/h3-7H,1-2H3,(H,14,15,16). The van der Waals surface area contributed by atoms with Gasteiger partial charge in [0.1, 0.15) is 10.8 Å². The number of halogens is 1. The molecule has 0 amide bonds. The Bertz CT molecular complexity index is 551. The van der Waals surface area contributed by atoms with Crippen molar-refractivity contribution in [3.8, 4) is 5.75 Å². The Balaban J connectivity index is 2.27. The van der Waals surface area contributed by atoms with Gasteiger partial charge in [0.25, 0.3) is 0 Å². The van der Waals surface area contributed by atoms with Crippen LogP contribution in [-0.4, -0.2) is 24.1 Å². The Morgan fingerprint density at radius 1 is 1.39 bits per heavy atom. The fourth-order valence-corrected chi connectivity index (χ4v) is 2.15. The van der Waals surface area contributed by atoms with Gasteiger partial charge in [0.05, 0.1) is 13.3 Å². The van der Waals surface area contributed by atoms with Gasteiger partial charge in [0.2, 0.25) is 5.95 Å². The van der Waals surface area contributed by atoms with Gasteiger partial charge < -0.3 is 10.1 Å². The Morgan fingerprint density at radius 3 is 2.94 bits per heavy atom. The van der Waals surface area contributed by atoms with Crippen molar-refractivity contribution in [2.75, 3.05) is 19.5 Å². The molecule has 6 heteroatoms. The first-order valence-electron chi connectivity index (χ1n) is 5.25. The van der Waals surface area contributed by atoms with Gasteiger partial charge in [-0.3, -0.25) is 0 Å². The molecule has 0 atom stereocenters. The lowest BCUT2D eigenvalue weighted by molar-refractivity contribution is 0.413. The summed E-state index contributed by atoms with van der Waals surface area (Å²) in [4.78, 5) is 8.72. The highest BCUT2D eigenvalue weighted by Crippen LogP contribution is 2.30. The van der Waals surface area contributed by atoms with Crippen LogP contribution in [0, 0.1) is 5.82 Å². The molecular weight excluding hydrogens is 253 g/mol. The predicted octanol–water partition coefficient (Wildman–Crippen LogP) is 2.82. The molecule has 1 heterocycles. The topological polar surface area (TPSA) is 47.0 Å². The lowest BCUT2D eigenvalue weighted by Crippen LogP contribution is -1.98. The van der Waals surface area contributed by atoms with E-state index in [1.54, 1.807) is 14.2 Å². The van der Waals surface area contributed by atoms with Crippen LogP contribution >= 0.6 is 11.8 Å². The van der Waals surface area contributed by atoms with Gasteiger partial charge in [0, 0.05) is 11.9 Å². The predicted molar refractivity (Wildman–Crippen MR) is 68.7 cm³/mol. The van der Waals surface area contributed by atoms with Gasteiger partial charge in [-0.25, -0.2) is 14.4 Å². The molecule has 1 aromatic heterocycles. The minimum Gasteiger partial charge on any atom is -0.497 e. The number of hydrogen-bond donors (Lipinski definition) is 1. The summed E-state index contributed by atoms with van der Waals surface area (Å²) in [6.07, 6.45) is 1.15. The van der Waals surface area contributed by atoms with Crippen molar-refractivity contribution in [2.45, 2.75) is 9.92 Å². The molecule has 0 bridgehead atoms. The molecule has 0 saturated heterocycles. The van der Waals surface area contributed by atoms with E-state index in [0.717, 1.165) is 16.8 Å². The fraction of sp³-hybridized carbons (Fsp3) is 0.167. The molecule has 0 radical (unpaired) electrons. The summed E-state index contributed by atoms with van der Waals surface area (Å²) in [6.45, 7) is 0. The van der Waals surface area contributed by atoms with Gasteiger partial charge in [0.15, 0.2) is 5.82 Å². The van der Waals surface area contributed by atoms with E-state index < -0.39 is 5.82 Å². The first-order chi connectivity index (χ1) is 8.72. The van der Waals surface area contributed by atoms with Crippen molar-refractivity contribution in [2.24, 2.45) is 0 Å². The molecule has 0 saturated carbocycles. The number of rotatable bonds is 4. The highest BCUT2D eigenvalue weighted by molar-refractivity contribution is 7.99. The van der Waals surface area contributed by atoms with Crippen LogP contribution in [0.5, 0.6) is 5.75 Å². The largest absolute Gasteiger partial charge is 0.497 e. The first kappa shape index (κ1) is 12.6. The number of benzene rings is 1. The second kappa shape index (κ2) is 5.68. The molecule has 0 fully saturated rings. The molecule has 0 aliphatic rings. The van der Waals surface area contributed by atoms with Crippen LogP contribution in [0.1, 0.15) is 0 Å². The van der Waals surface area contributed by atoms with Gasteiger partial charge in [-0.05, 0) is 18.2 Å². The second-order valence-corrected chi connectivity index (χ2v) is 4.44. The molecule has 94 valence electrons. The molecule has 1 N–H and O–H groups in total. The van der Waals surface area contributed by atoms with E-state index in [-0.39, 0.29) is 5.03 Å². The van der Waals surface area contributed by atoms with Crippen LogP contribution in [0.25, 0.3) is 0 Å². The van der Waals surface area contributed by atoms with Gasteiger partial charge >= 0.3 is 0 Å². The molecule has 0 aliphatic heterocycles. The van der Waals surface area contributed by atoms with Crippen molar-refractivity contribution in [1.82, 2.24) is 9.97 Å². The number of nitrogens with zero attached hydrogens (tertiary/aromatic N) is 2. The Labute approximate surface area is 109 Å². The number of hydrogen-bond acceptors (Lipinski definition) is 5. The van der Waals surface area contributed by atoms with E-state index in [1.807, 2.05) is 24.3 Å². The van der Waals surface area contributed by atoms with E-state index in [4.69, 9.17) is 4.74 Å². The molecule has 0 spiro atoms. The summed E-state index contributed by atoms with van der Waals surface area (Å²) < 4.78 is 18.7. The molecule has 18 heavy (non-hydrogen) atoms. The summed E-state index contributed by atoms with van der Waals surface area (Å²) >= 11 is 1.23. The highest BCUT2D eigenvalue weighted by Gasteiger charge is 2.08. The fourth-order valence-electron chi connectivity index (χ4n) is 1.32. The maximum absolute atomic E-state index is 13.6. The van der Waals surface area contributed by atoms with Gasteiger partial charge in [-0.15, -0.1) is 0 Å². The average Bonchev–Trinajstić information content (AvgIpc) is 2.41. The van der Waals surface area contributed by atoms with Crippen LogP contribution in [0.4, 0.5) is 10.3 Å². The van der Waals surface area contributed by atoms with E-state index in [2.05, 4.69) is 15.3 Å². The quantitative estimate of drug-likeness (QED) is 0.861. The van der Waals surface area contributed by atoms with Crippen LogP contribution < -0.4 is 10.1 Å². The molecule has 2 aromatic rings. The third-order valence-electron chi connectivity index (χ3n) is 2.19. The van der Waals surface area contributed by atoms with Crippen molar-refractivity contribution < 1.29 is 9.13 Å². The second-order valence-electron chi connectivity index (χ2n) is 3.38. The summed E-state index contributed by atoms with van der Waals surface area (Å²) in [7, 11) is 3.28. The number of methoxy groups -OCH3 is 1. The highest BCUT2D eigenvalue weighted by atomic mass is 32.2. The third kappa shape index (κ3) is 2.89. The van der Waals surface area contributed by atoms with Crippen LogP contribution in [-0.2, 0) is 0 Å². The zero-order valence-electron chi connectivity index (χ0n) is 9.98. The number of anilines is 1. The van der Waals surface area contributed by atoms with E-state index in [0.29, 0.717) is 5.95 Å². The molecule has 1 aromatic carbocycles. The maximum atomic E-state index is 13.6. The lowest BCUT2D eigenvalue weighted by Gasteiger charge is -2.05. The monoisotopic (exact) mass is 265 g/mol. The molecule has 0 aliphatic carbocycles. The Morgan fingerprint density at radius 2 is 2.22 bits per heavy atom.